The smallest absolute Gasteiger partial charge is 0.333 e. The van der Waals surface area contributed by atoms with E-state index < -0.39 is 5.97 Å². The first kappa shape index (κ1) is 9.99. The maximum atomic E-state index is 10.6. The quantitative estimate of drug-likeness (QED) is 0.522. The van der Waals surface area contributed by atoms with E-state index in [1.807, 2.05) is 13.0 Å². The first-order chi connectivity index (χ1) is 6.15. The number of aliphatic carboxylic acids is 1. The molecule has 0 bridgehead atoms. The van der Waals surface area contributed by atoms with Gasteiger partial charge in [0.1, 0.15) is 0 Å². The van der Waals surface area contributed by atoms with Crippen LogP contribution in [0.1, 0.15) is 19.8 Å². The molecule has 1 rings (SSSR count). The summed E-state index contributed by atoms with van der Waals surface area (Å²) in [6, 6.07) is 0. The summed E-state index contributed by atoms with van der Waals surface area (Å²) in [4.78, 5) is 10.6. The van der Waals surface area contributed by atoms with E-state index in [0.29, 0.717) is 6.61 Å². The third-order valence-electron chi connectivity index (χ3n) is 2.27. The summed E-state index contributed by atoms with van der Waals surface area (Å²) in [5.74, 6) is -0.964. The minimum atomic E-state index is -0.964. The van der Waals surface area contributed by atoms with Crippen LogP contribution in [0, 0.1) is 0 Å². The van der Waals surface area contributed by atoms with Crippen LogP contribution in [0.25, 0.3) is 0 Å². The molecular formula is C10H14O3. The predicted octanol–water partition coefficient (Wildman–Crippen LogP) is 1.75. The van der Waals surface area contributed by atoms with Crippen molar-refractivity contribution in [3.05, 3.63) is 23.8 Å². The van der Waals surface area contributed by atoms with E-state index in [2.05, 4.69) is 6.58 Å². The molecule has 1 N–H and O–H groups in total. The molecule has 0 aromatic heterocycles. The second kappa shape index (κ2) is 4.23. The number of carboxylic acids is 1. The number of carbonyl (C=O) groups is 1. The van der Waals surface area contributed by atoms with Gasteiger partial charge >= 0.3 is 5.97 Å². The number of ether oxygens (including phenoxy) is 1. The Hall–Kier alpha value is -1.09. The summed E-state index contributed by atoms with van der Waals surface area (Å²) >= 11 is 0. The molecule has 3 nitrogen and oxygen atoms in total. The first-order valence-electron chi connectivity index (χ1n) is 4.33. The van der Waals surface area contributed by atoms with Gasteiger partial charge < -0.3 is 9.84 Å². The lowest BCUT2D eigenvalue weighted by molar-refractivity contribution is -0.134. The maximum Gasteiger partial charge on any atom is 0.333 e. The number of hydrogen-bond acceptors (Lipinski definition) is 2. The largest absolute Gasteiger partial charge is 0.478 e. The molecule has 0 amide bonds. The standard InChI is InChI=1S/C10H14O3/c1-3-8-4-5-9(13-6-8)7(2)10(11)12/h3,9H,2,4-6H2,1H3,(H,11,12)/b8-3-/t9-/m1/s1. The van der Waals surface area contributed by atoms with Crippen LogP contribution in [-0.2, 0) is 9.53 Å². The summed E-state index contributed by atoms with van der Waals surface area (Å²) in [5.41, 5.74) is 1.39. The fourth-order valence-corrected chi connectivity index (χ4v) is 1.32. The van der Waals surface area contributed by atoms with Crippen LogP contribution in [0.2, 0.25) is 0 Å². The van der Waals surface area contributed by atoms with Gasteiger partial charge in [0.15, 0.2) is 0 Å². The van der Waals surface area contributed by atoms with Gasteiger partial charge in [0.05, 0.1) is 18.3 Å². The summed E-state index contributed by atoms with van der Waals surface area (Å²) in [6.45, 7) is 5.98. The topological polar surface area (TPSA) is 46.5 Å². The molecule has 1 aliphatic heterocycles. The van der Waals surface area contributed by atoms with Crippen LogP contribution in [0.15, 0.2) is 23.8 Å². The van der Waals surface area contributed by atoms with Gasteiger partial charge in [-0.3, -0.25) is 0 Å². The summed E-state index contributed by atoms with van der Waals surface area (Å²) in [5, 5.41) is 8.66. The molecule has 0 spiro atoms. The molecule has 1 saturated heterocycles. The van der Waals surface area contributed by atoms with E-state index in [4.69, 9.17) is 9.84 Å². The van der Waals surface area contributed by atoms with Gasteiger partial charge in [0.2, 0.25) is 0 Å². The van der Waals surface area contributed by atoms with Gasteiger partial charge in [-0.15, -0.1) is 0 Å². The highest BCUT2D eigenvalue weighted by Gasteiger charge is 2.22. The van der Waals surface area contributed by atoms with Crippen molar-refractivity contribution >= 4 is 5.97 Å². The van der Waals surface area contributed by atoms with Crippen LogP contribution in [0.3, 0.4) is 0 Å². The van der Waals surface area contributed by atoms with Crippen molar-refractivity contribution in [2.45, 2.75) is 25.9 Å². The predicted molar refractivity (Wildman–Crippen MR) is 49.5 cm³/mol. The highest BCUT2D eigenvalue weighted by Crippen LogP contribution is 2.22. The van der Waals surface area contributed by atoms with Crippen molar-refractivity contribution < 1.29 is 14.6 Å². The van der Waals surface area contributed by atoms with Crippen molar-refractivity contribution in [3.8, 4) is 0 Å². The van der Waals surface area contributed by atoms with Crippen LogP contribution in [-0.4, -0.2) is 23.8 Å². The van der Waals surface area contributed by atoms with E-state index in [1.54, 1.807) is 0 Å². The maximum absolute atomic E-state index is 10.6. The van der Waals surface area contributed by atoms with E-state index in [-0.39, 0.29) is 11.7 Å². The van der Waals surface area contributed by atoms with Crippen molar-refractivity contribution in [2.24, 2.45) is 0 Å². The number of rotatable bonds is 2. The first-order valence-corrected chi connectivity index (χ1v) is 4.33. The molecular weight excluding hydrogens is 168 g/mol. The Kier molecular flexibility index (Phi) is 3.25. The summed E-state index contributed by atoms with van der Waals surface area (Å²) in [7, 11) is 0. The summed E-state index contributed by atoms with van der Waals surface area (Å²) < 4.78 is 5.36. The lowest BCUT2D eigenvalue weighted by atomic mass is 9.99. The van der Waals surface area contributed by atoms with E-state index in [9.17, 15) is 4.79 Å². The van der Waals surface area contributed by atoms with Crippen molar-refractivity contribution in [1.82, 2.24) is 0 Å². The van der Waals surface area contributed by atoms with Crippen molar-refractivity contribution in [1.29, 1.82) is 0 Å². The third kappa shape index (κ3) is 2.42. The Morgan fingerprint density at radius 2 is 2.46 bits per heavy atom. The number of hydrogen-bond donors (Lipinski definition) is 1. The van der Waals surface area contributed by atoms with Crippen LogP contribution >= 0.6 is 0 Å². The van der Waals surface area contributed by atoms with Crippen molar-refractivity contribution in [2.75, 3.05) is 6.61 Å². The third-order valence-corrected chi connectivity index (χ3v) is 2.27. The van der Waals surface area contributed by atoms with Gasteiger partial charge in [-0.05, 0) is 25.3 Å². The normalized spacial score (nSPS) is 25.9. The molecule has 1 heterocycles. The molecule has 13 heavy (non-hydrogen) atoms. The van der Waals surface area contributed by atoms with E-state index in [1.165, 1.54) is 5.57 Å². The average Bonchev–Trinajstić information content (AvgIpc) is 2.17. The lowest BCUT2D eigenvalue weighted by Gasteiger charge is -2.24. The van der Waals surface area contributed by atoms with Gasteiger partial charge in [0.25, 0.3) is 0 Å². The lowest BCUT2D eigenvalue weighted by Crippen LogP contribution is -2.25. The van der Waals surface area contributed by atoms with Crippen molar-refractivity contribution in [3.63, 3.8) is 0 Å². The molecule has 0 aromatic rings. The zero-order valence-electron chi connectivity index (χ0n) is 7.75. The zero-order valence-corrected chi connectivity index (χ0v) is 7.75. The molecule has 3 heteroatoms. The molecule has 1 aliphatic rings. The minimum absolute atomic E-state index is 0.162. The average molecular weight is 182 g/mol. The molecule has 0 saturated carbocycles. The van der Waals surface area contributed by atoms with Gasteiger partial charge in [0, 0.05) is 0 Å². The Bertz CT molecular complexity index is 243. The van der Waals surface area contributed by atoms with Gasteiger partial charge in [-0.25, -0.2) is 4.79 Å². The Balaban J connectivity index is 2.50. The number of carboxylic acid groups (broad SMARTS) is 1. The molecule has 0 aromatic carbocycles. The van der Waals surface area contributed by atoms with Crippen LogP contribution in [0.5, 0.6) is 0 Å². The van der Waals surface area contributed by atoms with E-state index >= 15 is 0 Å². The molecule has 0 radical (unpaired) electrons. The molecule has 1 atom stereocenters. The second-order valence-corrected chi connectivity index (χ2v) is 3.12. The number of allylic oxidation sites excluding steroid dienone is 1. The Morgan fingerprint density at radius 1 is 1.77 bits per heavy atom. The second-order valence-electron chi connectivity index (χ2n) is 3.12. The van der Waals surface area contributed by atoms with Crippen LogP contribution < -0.4 is 0 Å². The van der Waals surface area contributed by atoms with E-state index in [0.717, 1.165) is 12.8 Å². The van der Waals surface area contributed by atoms with Crippen LogP contribution in [0.4, 0.5) is 0 Å². The molecule has 0 unspecified atom stereocenters. The monoisotopic (exact) mass is 182 g/mol. The zero-order chi connectivity index (χ0) is 9.84. The minimum Gasteiger partial charge on any atom is -0.478 e. The SMILES string of the molecule is C=C(C(=O)O)[C@H]1CC/C(=C/C)CO1. The highest BCUT2D eigenvalue weighted by atomic mass is 16.5. The Morgan fingerprint density at radius 3 is 2.85 bits per heavy atom. The van der Waals surface area contributed by atoms with Gasteiger partial charge in [-0.1, -0.05) is 12.7 Å². The fourth-order valence-electron chi connectivity index (χ4n) is 1.32. The molecule has 0 aliphatic carbocycles. The highest BCUT2D eigenvalue weighted by molar-refractivity contribution is 5.86. The molecule has 72 valence electrons. The molecule has 1 fully saturated rings. The summed E-state index contributed by atoms with van der Waals surface area (Å²) in [6.07, 6.45) is 3.35. The van der Waals surface area contributed by atoms with Gasteiger partial charge in [-0.2, -0.15) is 0 Å². The fraction of sp³-hybridized carbons (Fsp3) is 0.500. The Labute approximate surface area is 77.7 Å².